The average molecular weight is 222 g/mol. The first kappa shape index (κ1) is 13.5. The van der Waals surface area contributed by atoms with Gasteiger partial charge < -0.3 is 5.11 Å². The molecule has 1 fully saturated rings. The van der Waals surface area contributed by atoms with Crippen molar-refractivity contribution in [2.45, 2.75) is 47.0 Å². The summed E-state index contributed by atoms with van der Waals surface area (Å²) in [6.45, 7) is 13.2. The fraction of sp³-hybridized carbons (Fsp3) is 0.733. The van der Waals surface area contributed by atoms with E-state index in [0.717, 1.165) is 12.8 Å². The largest absolute Gasteiger partial charge is 0.396 e. The standard InChI is InChI=1S/C15H26O/c1-11(2)6-8-13-9-7-12(3)14(10-16)15(13,4)5/h6,13-14,16H,3,7-10H2,1-2,4-5H3/t13-,14+/m1/s1. The molecule has 1 saturated carbocycles. The van der Waals surface area contributed by atoms with E-state index < -0.39 is 0 Å². The molecule has 0 heterocycles. The van der Waals surface area contributed by atoms with Crippen molar-refractivity contribution in [3.05, 3.63) is 23.8 Å². The van der Waals surface area contributed by atoms with Crippen LogP contribution in [0, 0.1) is 17.3 Å². The average Bonchev–Trinajstić information content (AvgIpc) is 2.15. The van der Waals surface area contributed by atoms with Gasteiger partial charge in [-0.2, -0.15) is 0 Å². The molecule has 0 unspecified atom stereocenters. The molecular formula is C15H26O. The van der Waals surface area contributed by atoms with Gasteiger partial charge in [0, 0.05) is 5.92 Å². The Hall–Kier alpha value is -0.560. The highest BCUT2D eigenvalue weighted by Crippen LogP contribution is 2.48. The van der Waals surface area contributed by atoms with Crippen molar-refractivity contribution >= 4 is 0 Å². The Bertz CT molecular complexity index is 282. The number of aliphatic hydroxyl groups excluding tert-OH is 1. The lowest BCUT2D eigenvalue weighted by Crippen LogP contribution is -2.39. The molecule has 0 aromatic rings. The first-order valence-electron chi connectivity index (χ1n) is 6.31. The minimum absolute atomic E-state index is 0.177. The summed E-state index contributed by atoms with van der Waals surface area (Å²) in [5.41, 5.74) is 2.80. The normalized spacial score (nSPS) is 28.9. The third kappa shape index (κ3) is 2.76. The van der Waals surface area contributed by atoms with Gasteiger partial charge >= 0.3 is 0 Å². The number of rotatable bonds is 3. The molecule has 0 amide bonds. The lowest BCUT2D eigenvalue weighted by Gasteiger charge is -2.45. The van der Waals surface area contributed by atoms with Gasteiger partial charge in [0.15, 0.2) is 0 Å². The van der Waals surface area contributed by atoms with Crippen LogP contribution in [0.2, 0.25) is 0 Å². The SMILES string of the molecule is C=C1CC[C@@H](CC=C(C)C)C(C)(C)[C@H]1CO. The summed E-state index contributed by atoms with van der Waals surface area (Å²) < 4.78 is 0. The molecule has 0 saturated heterocycles. The van der Waals surface area contributed by atoms with E-state index in [4.69, 9.17) is 0 Å². The summed E-state index contributed by atoms with van der Waals surface area (Å²) in [6.07, 6.45) is 5.76. The van der Waals surface area contributed by atoms with Gasteiger partial charge in [-0.1, -0.05) is 37.6 Å². The van der Waals surface area contributed by atoms with Crippen molar-refractivity contribution in [1.29, 1.82) is 0 Å². The maximum Gasteiger partial charge on any atom is 0.0501 e. The van der Waals surface area contributed by atoms with Crippen LogP contribution in [0.1, 0.15) is 47.0 Å². The zero-order valence-corrected chi connectivity index (χ0v) is 11.2. The summed E-state index contributed by atoms with van der Waals surface area (Å²) in [4.78, 5) is 0. The van der Waals surface area contributed by atoms with Crippen LogP contribution in [0.15, 0.2) is 23.8 Å². The van der Waals surface area contributed by atoms with Crippen LogP contribution in [-0.2, 0) is 0 Å². The van der Waals surface area contributed by atoms with E-state index in [9.17, 15) is 5.11 Å². The van der Waals surface area contributed by atoms with Crippen LogP contribution >= 0.6 is 0 Å². The second kappa shape index (κ2) is 5.18. The molecule has 0 aromatic heterocycles. The fourth-order valence-electron chi connectivity index (χ4n) is 2.88. The van der Waals surface area contributed by atoms with Gasteiger partial charge in [-0.3, -0.25) is 0 Å². The Labute approximate surface area is 100 Å². The molecule has 1 aliphatic carbocycles. The molecule has 1 nitrogen and oxygen atoms in total. The van der Waals surface area contributed by atoms with Crippen LogP contribution in [0.25, 0.3) is 0 Å². The van der Waals surface area contributed by atoms with Crippen molar-refractivity contribution in [2.24, 2.45) is 17.3 Å². The van der Waals surface area contributed by atoms with E-state index >= 15 is 0 Å². The molecule has 0 radical (unpaired) electrons. The van der Waals surface area contributed by atoms with Crippen molar-refractivity contribution < 1.29 is 5.11 Å². The molecule has 16 heavy (non-hydrogen) atoms. The van der Waals surface area contributed by atoms with Gasteiger partial charge in [-0.05, 0) is 44.4 Å². The second-order valence-corrected chi connectivity index (χ2v) is 5.97. The quantitative estimate of drug-likeness (QED) is 0.717. The van der Waals surface area contributed by atoms with Crippen LogP contribution < -0.4 is 0 Å². The van der Waals surface area contributed by atoms with Crippen LogP contribution in [0.3, 0.4) is 0 Å². The molecule has 0 spiro atoms. The molecule has 92 valence electrons. The Balaban J connectivity index is 2.79. The lowest BCUT2D eigenvalue weighted by molar-refractivity contribution is 0.0575. The topological polar surface area (TPSA) is 20.2 Å². The zero-order chi connectivity index (χ0) is 12.3. The number of allylic oxidation sites excluding steroid dienone is 2. The fourth-order valence-corrected chi connectivity index (χ4v) is 2.88. The lowest BCUT2D eigenvalue weighted by atomic mass is 9.60. The highest BCUT2D eigenvalue weighted by Gasteiger charge is 2.40. The predicted octanol–water partition coefficient (Wildman–Crippen LogP) is 3.94. The van der Waals surface area contributed by atoms with Crippen molar-refractivity contribution in [3.8, 4) is 0 Å². The molecule has 1 N–H and O–H groups in total. The van der Waals surface area contributed by atoms with E-state index in [1.54, 1.807) is 0 Å². The summed E-state index contributed by atoms with van der Waals surface area (Å²) in [5.74, 6) is 0.946. The van der Waals surface area contributed by atoms with E-state index in [2.05, 4.69) is 40.3 Å². The van der Waals surface area contributed by atoms with Crippen LogP contribution in [0.5, 0.6) is 0 Å². The Morgan fingerprint density at radius 2 is 2.12 bits per heavy atom. The summed E-state index contributed by atoms with van der Waals surface area (Å²) in [5, 5.41) is 9.52. The molecule has 1 heteroatoms. The first-order valence-corrected chi connectivity index (χ1v) is 6.31. The van der Waals surface area contributed by atoms with Gasteiger partial charge in [0.05, 0.1) is 6.61 Å². The molecular weight excluding hydrogens is 196 g/mol. The van der Waals surface area contributed by atoms with Gasteiger partial charge in [-0.25, -0.2) is 0 Å². The van der Waals surface area contributed by atoms with E-state index in [-0.39, 0.29) is 17.9 Å². The first-order chi connectivity index (χ1) is 7.39. The maximum atomic E-state index is 9.52. The third-order valence-corrected chi connectivity index (χ3v) is 4.25. The minimum Gasteiger partial charge on any atom is -0.396 e. The van der Waals surface area contributed by atoms with E-state index in [1.807, 2.05) is 0 Å². The third-order valence-electron chi connectivity index (χ3n) is 4.25. The summed E-state index contributed by atoms with van der Waals surface area (Å²) in [7, 11) is 0. The van der Waals surface area contributed by atoms with Gasteiger partial charge in [0.2, 0.25) is 0 Å². The van der Waals surface area contributed by atoms with Crippen molar-refractivity contribution in [3.63, 3.8) is 0 Å². The smallest absolute Gasteiger partial charge is 0.0501 e. The number of hydrogen-bond donors (Lipinski definition) is 1. The molecule has 2 atom stereocenters. The van der Waals surface area contributed by atoms with Gasteiger partial charge in [0.25, 0.3) is 0 Å². The van der Waals surface area contributed by atoms with Crippen LogP contribution in [0.4, 0.5) is 0 Å². The molecule has 0 aromatic carbocycles. The maximum absolute atomic E-state index is 9.52. The molecule has 1 rings (SSSR count). The monoisotopic (exact) mass is 222 g/mol. The van der Waals surface area contributed by atoms with E-state index in [1.165, 1.54) is 17.6 Å². The highest BCUT2D eigenvalue weighted by atomic mass is 16.3. The minimum atomic E-state index is 0.177. The summed E-state index contributed by atoms with van der Waals surface area (Å²) >= 11 is 0. The van der Waals surface area contributed by atoms with E-state index in [0.29, 0.717) is 5.92 Å². The van der Waals surface area contributed by atoms with Crippen molar-refractivity contribution in [1.82, 2.24) is 0 Å². The Morgan fingerprint density at radius 1 is 1.50 bits per heavy atom. The second-order valence-electron chi connectivity index (χ2n) is 5.97. The summed E-state index contributed by atoms with van der Waals surface area (Å²) in [6, 6.07) is 0. The number of hydrogen-bond acceptors (Lipinski definition) is 1. The van der Waals surface area contributed by atoms with Crippen molar-refractivity contribution in [2.75, 3.05) is 6.61 Å². The molecule has 0 aliphatic heterocycles. The van der Waals surface area contributed by atoms with Gasteiger partial charge in [-0.15, -0.1) is 0 Å². The Kier molecular flexibility index (Phi) is 4.37. The number of aliphatic hydroxyl groups is 1. The van der Waals surface area contributed by atoms with Gasteiger partial charge in [0.1, 0.15) is 0 Å². The van der Waals surface area contributed by atoms with Crippen LogP contribution in [-0.4, -0.2) is 11.7 Å². The predicted molar refractivity (Wildman–Crippen MR) is 70.3 cm³/mol. The zero-order valence-electron chi connectivity index (χ0n) is 11.2. The molecule has 1 aliphatic rings. The highest BCUT2D eigenvalue weighted by molar-refractivity contribution is 5.12. The Morgan fingerprint density at radius 3 is 2.62 bits per heavy atom. The molecule has 0 bridgehead atoms.